The Morgan fingerprint density at radius 3 is 2.50 bits per heavy atom. The van der Waals surface area contributed by atoms with E-state index in [2.05, 4.69) is 37.0 Å². The minimum Gasteiger partial charge on any atom is -0.494 e. The number of morpholine rings is 1. The van der Waals surface area contributed by atoms with Crippen LogP contribution in [0, 0.1) is 17.5 Å². The third kappa shape index (κ3) is 6.59. The molecule has 1 aromatic heterocycles. The predicted molar refractivity (Wildman–Crippen MR) is 167 cm³/mol. The van der Waals surface area contributed by atoms with Crippen molar-refractivity contribution in [3.8, 4) is 5.75 Å². The molecule has 0 radical (unpaired) electrons. The number of ether oxygens (including phenoxy) is 2. The fourth-order valence-electron chi connectivity index (χ4n) is 6.28. The molecular weight excluding hydrogens is 603 g/mol. The average Bonchev–Trinajstić information content (AvgIpc) is 3.57. The van der Waals surface area contributed by atoms with Gasteiger partial charge in [-0.2, -0.15) is 0 Å². The largest absolute Gasteiger partial charge is 0.494 e. The second kappa shape index (κ2) is 13.9. The smallest absolute Gasteiger partial charge is 0.247 e. The number of anilines is 5. The van der Waals surface area contributed by atoms with E-state index in [4.69, 9.17) is 14.3 Å². The second-order valence-corrected chi connectivity index (χ2v) is 11.2. The second-order valence-electron chi connectivity index (χ2n) is 11.2. The van der Waals surface area contributed by atoms with Crippen LogP contribution < -0.4 is 25.3 Å². The Hall–Kier alpha value is -4.40. The summed E-state index contributed by atoms with van der Waals surface area (Å²) in [5.41, 5.74) is 1.44. The number of hydrogen-bond acceptors (Lipinski definition) is 10. The first-order chi connectivity index (χ1) is 22.4. The van der Waals surface area contributed by atoms with Gasteiger partial charge < -0.3 is 25.0 Å². The molecule has 3 fully saturated rings. The number of carbonyl (C=O) groups excluding carboxylic acids is 1. The zero-order valence-corrected chi connectivity index (χ0v) is 25.5. The molecule has 3 aliphatic heterocycles. The van der Waals surface area contributed by atoms with Gasteiger partial charge in [0.05, 0.1) is 55.6 Å². The van der Waals surface area contributed by atoms with Crippen molar-refractivity contribution in [3.63, 3.8) is 0 Å². The van der Waals surface area contributed by atoms with E-state index in [1.54, 1.807) is 19.2 Å². The quantitative estimate of drug-likeness (QED) is 0.247. The highest BCUT2D eigenvalue weighted by molar-refractivity contribution is 6.02. The number of benzene rings is 2. The molecule has 6 rings (SSSR count). The van der Waals surface area contributed by atoms with Crippen molar-refractivity contribution in [3.05, 3.63) is 72.3 Å². The molecule has 0 unspecified atom stereocenters. The molecule has 244 valence electrons. The molecule has 3 aliphatic rings. The summed E-state index contributed by atoms with van der Waals surface area (Å²) in [5, 5.41) is 7.38. The minimum atomic E-state index is -1.27. The molecule has 14 heteroatoms. The number of aromatic nitrogens is 2. The highest BCUT2D eigenvalue weighted by atomic mass is 19.2. The SMILES string of the molecule is C=CC(=O)Nc1cc(Nc2cc(N3OCC[C@@H]3c3c(F)ccc(F)c3F)ncn2)c(OC)cc1N1CCC(N2CCOCC2)CC1. The van der Waals surface area contributed by atoms with Gasteiger partial charge in [-0.15, -0.1) is 0 Å². The topological polar surface area (TPSA) is 104 Å². The summed E-state index contributed by atoms with van der Waals surface area (Å²) in [6.45, 7) is 8.73. The summed E-state index contributed by atoms with van der Waals surface area (Å²) in [5.74, 6) is -2.63. The number of piperidine rings is 1. The van der Waals surface area contributed by atoms with E-state index in [0.29, 0.717) is 29.0 Å². The maximum Gasteiger partial charge on any atom is 0.247 e. The van der Waals surface area contributed by atoms with Gasteiger partial charge in [0.2, 0.25) is 5.91 Å². The van der Waals surface area contributed by atoms with Crippen LogP contribution in [-0.2, 0) is 14.4 Å². The summed E-state index contributed by atoms with van der Waals surface area (Å²) in [6.07, 6.45) is 4.65. The fraction of sp³-hybridized carbons (Fsp3) is 0.406. The summed E-state index contributed by atoms with van der Waals surface area (Å²) in [6, 6.07) is 6.35. The molecule has 0 bridgehead atoms. The minimum absolute atomic E-state index is 0.151. The molecule has 4 heterocycles. The molecule has 0 aliphatic carbocycles. The summed E-state index contributed by atoms with van der Waals surface area (Å²) < 4.78 is 54.6. The zero-order valence-electron chi connectivity index (χ0n) is 25.5. The Kier molecular flexibility index (Phi) is 9.56. The van der Waals surface area contributed by atoms with Gasteiger partial charge >= 0.3 is 0 Å². The van der Waals surface area contributed by atoms with Gasteiger partial charge in [0.1, 0.15) is 23.7 Å². The molecule has 0 saturated carbocycles. The van der Waals surface area contributed by atoms with E-state index in [1.165, 1.54) is 17.5 Å². The molecule has 3 saturated heterocycles. The van der Waals surface area contributed by atoms with Crippen LogP contribution in [0.4, 0.5) is 41.9 Å². The Morgan fingerprint density at radius 2 is 1.76 bits per heavy atom. The van der Waals surface area contributed by atoms with Crippen molar-refractivity contribution in [2.24, 2.45) is 0 Å². The Bertz CT molecular complexity index is 1580. The van der Waals surface area contributed by atoms with Gasteiger partial charge in [-0.25, -0.2) is 28.2 Å². The van der Waals surface area contributed by atoms with E-state index < -0.39 is 29.1 Å². The number of nitrogens with zero attached hydrogens (tertiary/aromatic N) is 5. The predicted octanol–water partition coefficient (Wildman–Crippen LogP) is 4.95. The molecule has 2 N–H and O–H groups in total. The monoisotopic (exact) mass is 639 g/mol. The van der Waals surface area contributed by atoms with Crippen molar-refractivity contribution in [2.75, 3.05) is 73.7 Å². The normalized spacial score (nSPS) is 19.3. The Balaban J connectivity index is 1.25. The Morgan fingerprint density at radius 1 is 1.00 bits per heavy atom. The van der Waals surface area contributed by atoms with Crippen molar-refractivity contribution in [2.45, 2.75) is 31.3 Å². The van der Waals surface area contributed by atoms with E-state index in [0.717, 1.165) is 70.1 Å². The van der Waals surface area contributed by atoms with Crippen molar-refractivity contribution < 1.29 is 32.3 Å². The highest BCUT2D eigenvalue weighted by Gasteiger charge is 2.35. The van der Waals surface area contributed by atoms with E-state index in [1.807, 2.05) is 6.07 Å². The van der Waals surface area contributed by atoms with Crippen molar-refractivity contribution >= 4 is 34.6 Å². The van der Waals surface area contributed by atoms with Crippen LogP contribution in [0.15, 0.2) is 49.3 Å². The first-order valence-corrected chi connectivity index (χ1v) is 15.2. The number of rotatable bonds is 9. The molecule has 1 amide bonds. The van der Waals surface area contributed by atoms with E-state index in [9.17, 15) is 18.0 Å². The number of hydroxylamine groups is 1. The lowest BCUT2D eigenvalue weighted by Crippen LogP contribution is -2.49. The fourth-order valence-corrected chi connectivity index (χ4v) is 6.28. The Labute approximate surface area is 264 Å². The molecule has 3 aromatic rings. The van der Waals surface area contributed by atoms with Gasteiger partial charge in [0.25, 0.3) is 0 Å². The van der Waals surface area contributed by atoms with Crippen LogP contribution in [0.3, 0.4) is 0 Å². The van der Waals surface area contributed by atoms with E-state index >= 15 is 0 Å². The van der Waals surface area contributed by atoms with Crippen LogP contribution in [0.5, 0.6) is 5.75 Å². The number of carbonyl (C=O) groups is 1. The first kappa shape index (κ1) is 31.6. The van der Waals surface area contributed by atoms with Crippen LogP contribution in [-0.4, -0.2) is 79.9 Å². The molecule has 0 spiro atoms. The summed E-state index contributed by atoms with van der Waals surface area (Å²) in [4.78, 5) is 31.4. The average molecular weight is 640 g/mol. The number of halogens is 3. The van der Waals surface area contributed by atoms with Gasteiger partial charge in [-0.05, 0) is 37.1 Å². The van der Waals surface area contributed by atoms with Crippen molar-refractivity contribution in [1.82, 2.24) is 14.9 Å². The standard InChI is InChI=1S/C32H36F3N7O4/c1-3-30(43)39-23-16-24(27(44-2)17-26(23)41-9-6-20(7-10-41)40-11-14-45-15-12-40)38-28-18-29(37-19-36-28)42-25(8-13-46-42)31-21(33)4-5-22(34)32(31)35/h3-5,16-20,25H,1,6-15H2,2H3,(H,39,43)(H,36,37,38)/t25-/m1/s1. The van der Waals surface area contributed by atoms with Gasteiger partial charge in [-0.3, -0.25) is 14.5 Å². The van der Waals surface area contributed by atoms with Gasteiger partial charge in [-0.1, -0.05) is 6.58 Å². The lowest BCUT2D eigenvalue weighted by atomic mass is 10.0. The molecule has 2 aromatic carbocycles. The highest BCUT2D eigenvalue weighted by Crippen LogP contribution is 2.41. The molecule has 46 heavy (non-hydrogen) atoms. The van der Waals surface area contributed by atoms with Crippen LogP contribution in [0.25, 0.3) is 0 Å². The van der Waals surface area contributed by atoms with Crippen LogP contribution in [0.1, 0.15) is 30.9 Å². The molecule has 1 atom stereocenters. The van der Waals surface area contributed by atoms with Crippen LogP contribution >= 0.6 is 0 Å². The summed E-state index contributed by atoms with van der Waals surface area (Å²) >= 11 is 0. The van der Waals surface area contributed by atoms with Gasteiger partial charge in [0, 0.05) is 50.8 Å². The summed E-state index contributed by atoms with van der Waals surface area (Å²) in [7, 11) is 1.55. The van der Waals surface area contributed by atoms with E-state index in [-0.39, 0.29) is 24.8 Å². The third-order valence-corrected chi connectivity index (χ3v) is 8.59. The maximum absolute atomic E-state index is 14.7. The first-order valence-electron chi connectivity index (χ1n) is 15.2. The lowest BCUT2D eigenvalue weighted by Gasteiger charge is -2.41. The third-order valence-electron chi connectivity index (χ3n) is 8.59. The maximum atomic E-state index is 14.7. The molecule has 11 nitrogen and oxygen atoms in total. The number of methoxy groups -OCH3 is 1. The zero-order chi connectivity index (χ0) is 32.2. The number of nitrogens with one attached hydrogen (secondary N) is 2. The van der Waals surface area contributed by atoms with Crippen molar-refractivity contribution in [1.29, 1.82) is 0 Å². The van der Waals surface area contributed by atoms with Gasteiger partial charge in [0.15, 0.2) is 17.5 Å². The number of amides is 1. The lowest BCUT2D eigenvalue weighted by molar-refractivity contribution is -0.111. The van der Waals surface area contributed by atoms with Crippen LogP contribution in [0.2, 0.25) is 0 Å². The number of hydrogen-bond donors (Lipinski definition) is 2. The molecular formula is C32H36F3N7O4.